The lowest BCUT2D eigenvalue weighted by Gasteiger charge is -2.11. The van der Waals surface area contributed by atoms with Crippen molar-refractivity contribution in [3.8, 4) is 11.5 Å². The summed E-state index contributed by atoms with van der Waals surface area (Å²) < 4.78 is 49.3. The Labute approximate surface area is 181 Å². The number of hydrogen-bond donors (Lipinski definition) is 3. The molecule has 1 aromatic heterocycles. The number of methoxy groups -OCH3 is 2. The summed E-state index contributed by atoms with van der Waals surface area (Å²) in [6.07, 6.45) is -2.94. The Kier molecular flexibility index (Phi) is 6.93. The van der Waals surface area contributed by atoms with Crippen molar-refractivity contribution >= 4 is 29.7 Å². The van der Waals surface area contributed by atoms with Gasteiger partial charge < -0.3 is 20.1 Å². The van der Waals surface area contributed by atoms with Gasteiger partial charge in [0.1, 0.15) is 0 Å². The molecule has 0 amide bonds. The third kappa shape index (κ3) is 5.74. The van der Waals surface area contributed by atoms with Crippen LogP contribution in [-0.4, -0.2) is 42.4 Å². The summed E-state index contributed by atoms with van der Waals surface area (Å²) in [7, 11) is 4.67. The van der Waals surface area contributed by atoms with Crippen LogP contribution >= 0.6 is 0 Å². The van der Waals surface area contributed by atoms with Crippen molar-refractivity contribution < 1.29 is 22.6 Å². The fraction of sp³-hybridized carbons (Fsp3) is 0.200. The number of halogens is 3. The second-order valence-corrected chi connectivity index (χ2v) is 6.24. The fourth-order valence-corrected chi connectivity index (χ4v) is 2.59. The highest BCUT2D eigenvalue weighted by Gasteiger charge is 2.30. The van der Waals surface area contributed by atoms with Crippen molar-refractivity contribution in [1.82, 2.24) is 15.0 Å². The maximum atomic E-state index is 12.9. The van der Waals surface area contributed by atoms with Gasteiger partial charge in [0.2, 0.25) is 17.8 Å². The Hall–Kier alpha value is -4.09. The highest BCUT2D eigenvalue weighted by Crippen LogP contribution is 2.31. The highest BCUT2D eigenvalue weighted by atomic mass is 19.4. The molecule has 0 bridgehead atoms. The van der Waals surface area contributed by atoms with E-state index >= 15 is 0 Å². The molecule has 0 saturated heterocycles. The third-order valence-electron chi connectivity index (χ3n) is 4.09. The van der Waals surface area contributed by atoms with E-state index in [-0.39, 0.29) is 23.5 Å². The van der Waals surface area contributed by atoms with Gasteiger partial charge in [-0.15, -0.1) is 0 Å². The molecule has 0 atom stereocenters. The first kappa shape index (κ1) is 22.6. The van der Waals surface area contributed by atoms with Crippen LogP contribution in [0.3, 0.4) is 0 Å². The molecule has 3 aromatic rings. The zero-order chi connectivity index (χ0) is 23.1. The number of nitrogens with one attached hydrogen (secondary N) is 3. The molecular formula is C20H20F3N7O2. The number of anilines is 4. The van der Waals surface area contributed by atoms with Gasteiger partial charge in [-0.3, -0.25) is 0 Å². The van der Waals surface area contributed by atoms with Crippen molar-refractivity contribution in [1.29, 1.82) is 0 Å². The molecular weight excluding hydrogens is 427 g/mol. The molecule has 0 aliphatic carbocycles. The van der Waals surface area contributed by atoms with E-state index in [9.17, 15) is 13.2 Å². The van der Waals surface area contributed by atoms with E-state index in [1.165, 1.54) is 32.6 Å². The van der Waals surface area contributed by atoms with Crippen molar-refractivity contribution in [2.45, 2.75) is 6.18 Å². The number of hydrogen-bond acceptors (Lipinski definition) is 9. The molecule has 0 aliphatic heterocycles. The number of ether oxygens (including phenoxy) is 2. The molecule has 0 aliphatic rings. The predicted octanol–water partition coefficient (Wildman–Crippen LogP) is 4.14. The van der Waals surface area contributed by atoms with Crippen LogP contribution in [0.4, 0.5) is 36.7 Å². The summed E-state index contributed by atoms with van der Waals surface area (Å²) in [5.41, 5.74) is 2.78. The first-order valence-electron chi connectivity index (χ1n) is 9.21. The van der Waals surface area contributed by atoms with E-state index in [1.54, 1.807) is 25.2 Å². The minimum absolute atomic E-state index is 0.0347. The maximum absolute atomic E-state index is 12.9. The predicted molar refractivity (Wildman–Crippen MR) is 115 cm³/mol. The summed E-state index contributed by atoms with van der Waals surface area (Å²) >= 11 is 0. The van der Waals surface area contributed by atoms with Gasteiger partial charge >= 0.3 is 6.18 Å². The topological polar surface area (TPSA) is 106 Å². The first-order valence-corrected chi connectivity index (χ1v) is 9.21. The monoisotopic (exact) mass is 447 g/mol. The van der Waals surface area contributed by atoms with E-state index in [1.807, 2.05) is 0 Å². The van der Waals surface area contributed by atoms with Crippen molar-refractivity contribution in [2.24, 2.45) is 5.10 Å². The van der Waals surface area contributed by atoms with Crippen molar-refractivity contribution in [3.05, 3.63) is 53.6 Å². The van der Waals surface area contributed by atoms with Gasteiger partial charge in [0, 0.05) is 12.7 Å². The molecule has 12 heteroatoms. The summed E-state index contributed by atoms with van der Waals surface area (Å²) in [4.78, 5) is 12.4. The van der Waals surface area contributed by atoms with E-state index in [0.717, 1.165) is 17.7 Å². The van der Waals surface area contributed by atoms with E-state index in [0.29, 0.717) is 11.5 Å². The number of hydrazone groups is 1. The zero-order valence-electron chi connectivity index (χ0n) is 17.4. The highest BCUT2D eigenvalue weighted by molar-refractivity contribution is 5.81. The average molecular weight is 447 g/mol. The van der Waals surface area contributed by atoms with Crippen LogP contribution in [0.5, 0.6) is 11.5 Å². The lowest BCUT2D eigenvalue weighted by molar-refractivity contribution is -0.137. The van der Waals surface area contributed by atoms with Crippen LogP contribution in [-0.2, 0) is 6.18 Å². The van der Waals surface area contributed by atoms with Crippen LogP contribution in [0, 0.1) is 0 Å². The van der Waals surface area contributed by atoms with Crippen molar-refractivity contribution in [3.63, 3.8) is 0 Å². The molecule has 3 rings (SSSR count). The Morgan fingerprint density at radius 2 is 1.62 bits per heavy atom. The van der Waals surface area contributed by atoms with Crippen molar-refractivity contribution in [2.75, 3.05) is 37.3 Å². The first-order chi connectivity index (χ1) is 15.3. The van der Waals surface area contributed by atoms with E-state index in [4.69, 9.17) is 9.47 Å². The Morgan fingerprint density at radius 1 is 0.906 bits per heavy atom. The van der Waals surface area contributed by atoms with Gasteiger partial charge in [0.25, 0.3) is 0 Å². The number of rotatable bonds is 8. The van der Waals surface area contributed by atoms with Gasteiger partial charge in [-0.2, -0.15) is 33.2 Å². The molecule has 0 saturated carbocycles. The molecule has 2 aromatic carbocycles. The lowest BCUT2D eigenvalue weighted by atomic mass is 10.2. The molecule has 0 spiro atoms. The minimum Gasteiger partial charge on any atom is -0.493 e. The van der Waals surface area contributed by atoms with E-state index < -0.39 is 11.7 Å². The summed E-state index contributed by atoms with van der Waals surface area (Å²) in [6.45, 7) is 0. The van der Waals surface area contributed by atoms with Gasteiger partial charge in [-0.05, 0) is 42.0 Å². The van der Waals surface area contributed by atoms with Gasteiger partial charge in [0.05, 0.1) is 26.0 Å². The molecule has 168 valence electrons. The number of aromatic nitrogens is 3. The number of alkyl halides is 3. The number of benzene rings is 2. The van der Waals surface area contributed by atoms with Crippen LogP contribution < -0.4 is 25.5 Å². The average Bonchev–Trinajstić information content (AvgIpc) is 2.78. The molecule has 0 fully saturated rings. The largest absolute Gasteiger partial charge is 0.493 e. The van der Waals surface area contributed by atoms with Gasteiger partial charge in [-0.25, -0.2) is 5.43 Å². The van der Waals surface area contributed by atoms with Gasteiger partial charge in [-0.1, -0.05) is 6.07 Å². The van der Waals surface area contributed by atoms with Crippen LogP contribution in [0.15, 0.2) is 47.6 Å². The SMILES string of the molecule is CNc1nc(NN=Cc2ccc(OC)c(OC)c2)nc(Nc2cccc(C(F)(F)F)c2)n1. The second-order valence-electron chi connectivity index (χ2n) is 6.24. The second kappa shape index (κ2) is 9.81. The maximum Gasteiger partial charge on any atom is 0.416 e. The molecule has 0 radical (unpaired) electrons. The smallest absolute Gasteiger partial charge is 0.416 e. The standard InChI is InChI=1S/C20H20F3N7O2/c1-24-17-27-18(26-14-6-4-5-13(10-14)20(21,22)23)29-19(28-17)30-25-11-12-7-8-15(31-2)16(9-12)32-3/h4-11H,1-3H3,(H3,24,26,27,28,29,30). The third-order valence-corrected chi connectivity index (χ3v) is 4.09. The molecule has 9 nitrogen and oxygen atoms in total. The quantitative estimate of drug-likeness (QED) is 0.350. The van der Waals surface area contributed by atoms with E-state index in [2.05, 4.69) is 36.1 Å². The Bertz CT molecular complexity index is 1110. The molecule has 0 unspecified atom stereocenters. The number of nitrogens with zero attached hydrogens (tertiary/aromatic N) is 4. The molecule has 3 N–H and O–H groups in total. The Morgan fingerprint density at radius 3 is 2.31 bits per heavy atom. The zero-order valence-corrected chi connectivity index (χ0v) is 17.4. The molecule has 1 heterocycles. The van der Waals surface area contributed by atoms with Crippen LogP contribution in [0.25, 0.3) is 0 Å². The van der Waals surface area contributed by atoms with Crippen LogP contribution in [0.1, 0.15) is 11.1 Å². The fourth-order valence-electron chi connectivity index (χ4n) is 2.59. The summed E-state index contributed by atoms with van der Waals surface area (Å²) in [5, 5.41) is 9.59. The molecule has 32 heavy (non-hydrogen) atoms. The Balaban J connectivity index is 1.77. The van der Waals surface area contributed by atoms with Crippen LogP contribution in [0.2, 0.25) is 0 Å². The minimum atomic E-state index is -4.46. The summed E-state index contributed by atoms with van der Waals surface area (Å²) in [5.74, 6) is 1.43. The summed E-state index contributed by atoms with van der Waals surface area (Å²) in [6, 6.07) is 9.95. The van der Waals surface area contributed by atoms with Gasteiger partial charge in [0.15, 0.2) is 11.5 Å². The normalized spacial score (nSPS) is 11.3. The lowest BCUT2D eigenvalue weighted by Crippen LogP contribution is -2.08.